The predicted molar refractivity (Wildman–Crippen MR) is 122 cm³/mol. The van der Waals surface area contributed by atoms with Crippen LogP contribution in [0.3, 0.4) is 0 Å². The van der Waals surface area contributed by atoms with Gasteiger partial charge in [-0.15, -0.1) is 0 Å². The van der Waals surface area contributed by atoms with Crippen molar-refractivity contribution in [2.24, 2.45) is 5.92 Å². The van der Waals surface area contributed by atoms with Crippen molar-refractivity contribution in [3.8, 4) is 11.8 Å². The maximum Gasteiger partial charge on any atom is 0.147 e. The maximum atomic E-state index is 9.21. The molecule has 0 saturated carbocycles. The van der Waals surface area contributed by atoms with E-state index in [0.717, 1.165) is 57.3 Å². The lowest BCUT2D eigenvalue weighted by molar-refractivity contribution is 0.488. The molecule has 1 aromatic carbocycles. The first kappa shape index (κ1) is 19.8. The Morgan fingerprint density at radius 1 is 1.14 bits per heavy atom. The zero-order valence-corrected chi connectivity index (χ0v) is 19.6. The number of halogens is 3. The molecule has 1 fully saturated rings. The Balaban J connectivity index is 1.89. The van der Waals surface area contributed by atoms with Crippen molar-refractivity contribution in [2.75, 3.05) is 18.0 Å². The van der Waals surface area contributed by atoms with Crippen LogP contribution in [-0.2, 0) is 0 Å². The quantitative estimate of drug-likeness (QED) is 0.383. The van der Waals surface area contributed by atoms with E-state index in [1.165, 1.54) is 11.3 Å². The average molecular weight is 523 g/mol. The predicted octanol–water partition coefficient (Wildman–Crippen LogP) is 6.56. The van der Waals surface area contributed by atoms with Gasteiger partial charge in [-0.3, -0.25) is 4.57 Å². The first-order valence-corrected chi connectivity index (χ1v) is 11.1. The Morgan fingerprint density at radius 3 is 2.39 bits per heavy atom. The van der Waals surface area contributed by atoms with E-state index in [-0.39, 0.29) is 5.92 Å². The van der Waals surface area contributed by atoms with E-state index in [4.69, 9.17) is 16.6 Å². The zero-order valence-electron chi connectivity index (χ0n) is 15.6. The highest BCUT2D eigenvalue weighted by atomic mass is 79.9. The molecular formula is C21H19Br2ClN4. The third-order valence-electron chi connectivity index (χ3n) is 5.29. The Labute approximate surface area is 186 Å². The van der Waals surface area contributed by atoms with E-state index < -0.39 is 0 Å². The van der Waals surface area contributed by atoms with Gasteiger partial charge < -0.3 is 4.90 Å². The third kappa shape index (κ3) is 3.45. The normalized spacial score (nSPS) is 15.2. The summed E-state index contributed by atoms with van der Waals surface area (Å²) in [6.07, 6.45) is 3.95. The van der Waals surface area contributed by atoms with Crippen LogP contribution in [0.5, 0.6) is 0 Å². The third-order valence-corrected chi connectivity index (χ3v) is 6.72. The topological polar surface area (TPSA) is 44.9 Å². The van der Waals surface area contributed by atoms with Crippen LogP contribution in [0.1, 0.15) is 24.1 Å². The Morgan fingerprint density at radius 2 is 1.79 bits per heavy atom. The van der Waals surface area contributed by atoms with Gasteiger partial charge in [0, 0.05) is 55.9 Å². The number of fused-ring (bicyclic) bond motifs is 1. The van der Waals surface area contributed by atoms with Gasteiger partial charge in [0.2, 0.25) is 0 Å². The molecular weight excluding hydrogens is 504 g/mol. The van der Waals surface area contributed by atoms with Gasteiger partial charge in [-0.05, 0) is 82.3 Å². The van der Waals surface area contributed by atoms with E-state index in [1.54, 1.807) is 0 Å². The molecule has 7 heteroatoms. The maximum absolute atomic E-state index is 9.21. The van der Waals surface area contributed by atoms with Gasteiger partial charge >= 0.3 is 0 Å². The molecule has 0 spiro atoms. The van der Waals surface area contributed by atoms with Crippen molar-refractivity contribution >= 4 is 60.2 Å². The molecule has 0 atom stereocenters. The van der Waals surface area contributed by atoms with Crippen LogP contribution < -0.4 is 4.90 Å². The molecule has 0 unspecified atom stereocenters. The van der Waals surface area contributed by atoms with Crippen molar-refractivity contribution < 1.29 is 0 Å². The molecule has 2 aromatic heterocycles. The fourth-order valence-electron chi connectivity index (χ4n) is 3.95. The van der Waals surface area contributed by atoms with Gasteiger partial charge in [-0.1, -0.05) is 11.6 Å². The molecule has 144 valence electrons. The molecule has 0 amide bonds. The largest absolute Gasteiger partial charge is 0.371 e. The molecule has 4 rings (SSSR count). The van der Waals surface area contributed by atoms with Crippen LogP contribution in [0, 0.1) is 31.1 Å². The number of rotatable bonds is 2. The lowest BCUT2D eigenvalue weighted by Gasteiger charge is -2.32. The summed E-state index contributed by atoms with van der Waals surface area (Å²) in [6, 6.07) is 8.37. The summed E-state index contributed by atoms with van der Waals surface area (Å²) in [5, 5.41) is 11.0. The molecule has 1 aliphatic rings. The standard InChI is InChI=1S/C21H19Br2ClN4/c1-12-11-28(20-16(22)8-15(24)9-17(20)23)21-19(12)18(7-13(2)26-21)27-5-3-14(10-25)4-6-27/h7-9,11,14H,3-6H2,1-2H3. The lowest BCUT2D eigenvalue weighted by Crippen LogP contribution is -2.33. The molecule has 3 heterocycles. The van der Waals surface area contributed by atoms with Gasteiger partial charge in [0.1, 0.15) is 5.65 Å². The van der Waals surface area contributed by atoms with Crippen LogP contribution in [0.25, 0.3) is 16.7 Å². The van der Waals surface area contributed by atoms with Gasteiger partial charge in [-0.2, -0.15) is 5.26 Å². The van der Waals surface area contributed by atoms with Crippen LogP contribution in [0.2, 0.25) is 5.02 Å². The second kappa shape index (κ2) is 7.70. The number of hydrogen-bond acceptors (Lipinski definition) is 3. The van der Waals surface area contributed by atoms with E-state index in [9.17, 15) is 5.26 Å². The van der Waals surface area contributed by atoms with Crippen LogP contribution >= 0.6 is 43.5 Å². The molecule has 0 radical (unpaired) electrons. The first-order chi connectivity index (χ1) is 13.4. The summed E-state index contributed by atoms with van der Waals surface area (Å²) >= 11 is 13.5. The Bertz CT molecular complexity index is 1080. The molecule has 0 N–H and O–H groups in total. The lowest BCUT2D eigenvalue weighted by atomic mass is 9.97. The Hall–Kier alpha value is -1.55. The SMILES string of the molecule is Cc1cc(N2CCC(C#N)CC2)c2c(C)cn(-c3c(Br)cc(Cl)cc3Br)c2n1. The number of aromatic nitrogens is 2. The van der Waals surface area contributed by atoms with Crippen LogP contribution in [0.15, 0.2) is 33.3 Å². The van der Waals surface area contributed by atoms with Crippen molar-refractivity contribution in [3.05, 3.63) is 49.6 Å². The van der Waals surface area contributed by atoms with Crippen molar-refractivity contribution in [1.82, 2.24) is 9.55 Å². The highest BCUT2D eigenvalue weighted by Gasteiger charge is 2.24. The number of pyridine rings is 1. The highest BCUT2D eigenvalue weighted by molar-refractivity contribution is 9.11. The number of nitriles is 1. The minimum Gasteiger partial charge on any atom is -0.371 e. The number of piperidine rings is 1. The van der Waals surface area contributed by atoms with Gasteiger partial charge in [0.15, 0.2) is 0 Å². The number of benzene rings is 1. The average Bonchev–Trinajstić information content (AvgIpc) is 2.96. The fourth-order valence-corrected chi connectivity index (χ4v) is 6.00. The fraction of sp³-hybridized carbons (Fsp3) is 0.333. The summed E-state index contributed by atoms with van der Waals surface area (Å²) in [5.41, 5.74) is 5.27. The molecule has 3 aromatic rings. The monoisotopic (exact) mass is 520 g/mol. The Kier molecular flexibility index (Phi) is 5.43. The van der Waals surface area contributed by atoms with E-state index in [1.807, 2.05) is 19.1 Å². The molecule has 0 bridgehead atoms. The van der Waals surface area contributed by atoms with E-state index >= 15 is 0 Å². The van der Waals surface area contributed by atoms with Crippen molar-refractivity contribution in [1.29, 1.82) is 5.26 Å². The summed E-state index contributed by atoms with van der Waals surface area (Å²) < 4.78 is 3.93. The number of hydrogen-bond donors (Lipinski definition) is 0. The summed E-state index contributed by atoms with van der Waals surface area (Å²) in [5.74, 6) is 0.168. The van der Waals surface area contributed by atoms with Gasteiger partial charge in [0.05, 0.1) is 11.8 Å². The number of anilines is 1. The summed E-state index contributed by atoms with van der Waals surface area (Å²) in [7, 11) is 0. The second-order valence-corrected chi connectivity index (χ2v) is 9.42. The first-order valence-electron chi connectivity index (χ1n) is 9.18. The molecule has 0 aliphatic carbocycles. The molecule has 1 saturated heterocycles. The highest BCUT2D eigenvalue weighted by Crippen LogP contribution is 2.39. The smallest absolute Gasteiger partial charge is 0.147 e. The minimum absolute atomic E-state index is 0.168. The summed E-state index contributed by atoms with van der Waals surface area (Å²) in [4.78, 5) is 7.27. The van der Waals surface area contributed by atoms with E-state index in [0.29, 0.717) is 5.02 Å². The van der Waals surface area contributed by atoms with Crippen molar-refractivity contribution in [2.45, 2.75) is 26.7 Å². The summed E-state index contributed by atoms with van der Waals surface area (Å²) in [6.45, 7) is 5.95. The van der Waals surface area contributed by atoms with Crippen LogP contribution in [0.4, 0.5) is 5.69 Å². The van der Waals surface area contributed by atoms with Gasteiger partial charge in [0.25, 0.3) is 0 Å². The zero-order chi connectivity index (χ0) is 20.0. The molecule has 1 aliphatic heterocycles. The van der Waals surface area contributed by atoms with Crippen molar-refractivity contribution in [3.63, 3.8) is 0 Å². The van der Waals surface area contributed by atoms with E-state index in [2.05, 4.69) is 66.6 Å². The van der Waals surface area contributed by atoms with Gasteiger partial charge in [-0.25, -0.2) is 4.98 Å². The number of nitrogens with zero attached hydrogens (tertiary/aromatic N) is 4. The number of aryl methyl sites for hydroxylation is 2. The minimum atomic E-state index is 0.168. The molecule has 28 heavy (non-hydrogen) atoms. The van der Waals surface area contributed by atoms with Crippen LogP contribution in [-0.4, -0.2) is 22.6 Å². The second-order valence-electron chi connectivity index (χ2n) is 7.27. The molecule has 4 nitrogen and oxygen atoms in total.